The third kappa shape index (κ3) is 5.41. The third-order valence-corrected chi connectivity index (χ3v) is 6.21. The van der Waals surface area contributed by atoms with Gasteiger partial charge in [0.15, 0.2) is 5.65 Å². The van der Waals surface area contributed by atoms with E-state index < -0.39 is 17.8 Å². The SMILES string of the molecule is CCN1CCC(Oc2ccc(NC(=O)Nc3ccc(Br)n4ccnc34)cc2C(F)(F)F)CC1. The molecule has 0 spiro atoms. The molecule has 4 rings (SSSR count). The number of amides is 2. The van der Waals surface area contributed by atoms with E-state index in [-0.39, 0.29) is 17.5 Å². The molecule has 2 amide bonds. The van der Waals surface area contributed by atoms with Crippen LogP contribution in [-0.2, 0) is 6.18 Å². The highest BCUT2D eigenvalue weighted by Crippen LogP contribution is 2.39. The monoisotopic (exact) mass is 525 g/mol. The largest absolute Gasteiger partial charge is 0.490 e. The molecule has 0 unspecified atom stereocenters. The van der Waals surface area contributed by atoms with Crippen LogP contribution in [0.4, 0.5) is 29.3 Å². The number of aromatic nitrogens is 2. The lowest BCUT2D eigenvalue weighted by Gasteiger charge is -2.31. The predicted molar refractivity (Wildman–Crippen MR) is 123 cm³/mol. The molecule has 3 aromatic rings. The molecule has 1 aliphatic rings. The molecular weight excluding hydrogens is 503 g/mol. The van der Waals surface area contributed by atoms with Crippen LogP contribution >= 0.6 is 15.9 Å². The number of likely N-dealkylation sites (tertiary alicyclic amines) is 1. The van der Waals surface area contributed by atoms with E-state index in [2.05, 4.69) is 43.4 Å². The van der Waals surface area contributed by atoms with E-state index in [0.717, 1.165) is 30.3 Å². The van der Waals surface area contributed by atoms with Crippen LogP contribution in [0.3, 0.4) is 0 Å². The van der Waals surface area contributed by atoms with Crippen LogP contribution in [0.5, 0.6) is 5.75 Å². The number of alkyl halides is 3. The average molecular weight is 526 g/mol. The number of halogens is 4. The van der Waals surface area contributed by atoms with Gasteiger partial charge in [-0.25, -0.2) is 9.78 Å². The van der Waals surface area contributed by atoms with Crippen LogP contribution in [0.25, 0.3) is 5.65 Å². The van der Waals surface area contributed by atoms with Crippen molar-refractivity contribution in [1.29, 1.82) is 0 Å². The van der Waals surface area contributed by atoms with Crippen molar-refractivity contribution in [2.75, 3.05) is 30.3 Å². The zero-order chi connectivity index (χ0) is 23.6. The van der Waals surface area contributed by atoms with E-state index in [0.29, 0.717) is 24.2 Å². The number of imidazole rings is 1. The number of hydrogen-bond acceptors (Lipinski definition) is 4. The van der Waals surface area contributed by atoms with E-state index in [4.69, 9.17) is 4.74 Å². The van der Waals surface area contributed by atoms with Gasteiger partial charge in [-0.15, -0.1) is 0 Å². The van der Waals surface area contributed by atoms with Crippen LogP contribution in [0, 0.1) is 0 Å². The molecule has 0 saturated carbocycles. The number of carbonyl (C=O) groups is 1. The van der Waals surface area contributed by atoms with Gasteiger partial charge in [-0.3, -0.25) is 4.40 Å². The molecule has 33 heavy (non-hydrogen) atoms. The third-order valence-electron chi connectivity index (χ3n) is 5.57. The van der Waals surface area contributed by atoms with Gasteiger partial charge in [0.2, 0.25) is 0 Å². The molecule has 1 fully saturated rings. The van der Waals surface area contributed by atoms with Crippen LogP contribution in [-0.4, -0.2) is 46.1 Å². The predicted octanol–water partition coefficient (Wildman–Crippen LogP) is 5.62. The molecule has 2 aromatic heterocycles. The highest BCUT2D eigenvalue weighted by molar-refractivity contribution is 9.10. The molecule has 0 atom stereocenters. The second-order valence-electron chi connectivity index (χ2n) is 7.73. The second-order valence-corrected chi connectivity index (χ2v) is 8.54. The molecule has 1 saturated heterocycles. The summed E-state index contributed by atoms with van der Waals surface area (Å²) >= 11 is 3.38. The minimum absolute atomic E-state index is 0.00412. The molecule has 0 bridgehead atoms. The Bertz CT molecular complexity index is 1140. The number of hydrogen-bond donors (Lipinski definition) is 2. The van der Waals surface area contributed by atoms with E-state index in [1.54, 1.807) is 28.9 Å². The highest BCUT2D eigenvalue weighted by atomic mass is 79.9. The Kier molecular flexibility index (Phi) is 6.80. The Morgan fingerprint density at radius 1 is 1.21 bits per heavy atom. The number of pyridine rings is 1. The van der Waals surface area contributed by atoms with Gasteiger partial charge in [0, 0.05) is 31.2 Å². The van der Waals surface area contributed by atoms with Crippen LogP contribution in [0.2, 0.25) is 0 Å². The standard InChI is InChI=1S/C22H23BrF3N5O2/c1-2-30-10-7-15(8-11-30)33-18-5-3-14(13-16(18)22(24,25)26)28-21(32)29-17-4-6-19(23)31-12-9-27-20(17)31/h3-6,9,12-13,15H,2,7-8,10-11H2,1H3,(H2,28,29,32). The fraction of sp³-hybridized carbons (Fsp3) is 0.364. The Morgan fingerprint density at radius 2 is 1.97 bits per heavy atom. The number of anilines is 2. The summed E-state index contributed by atoms with van der Waals surface area (Å²) < 4.78 is 49.4. The summed E-state index contributed by atoms with van der Waals surface area (Å²) in [6.45, 7) is 4.55. The van der Waals surface area contributed by atoms with E-state index >= 15 is 0 Å². The van der Waals surface area contributed by atoms with Gasteiger partial charge in [-0.2, -0.15) is 13.2 Å². The van der Waals surface area contributed by atoms with Gasteiger partial charge in [0.1, 0.15) is 11.9 Å². The topological polar surface area (TPSA) is 70.9 Å². The number of ether oxygens (including phenoxy) is 1. The first-order chi connectivity index (χ1) is 15.7. The molecule has 1 aliphatic heterocycles. The van der Waals surface area contributed by atoms with Crippen molar-refractivity contribution < 1.29 is 22.7 Å². The molecule has 0 aliphatic carbocycles. The van der Waals surface area contributed by atoms with Crippen molar-refractivity contribution in [3.05, 3.63) is 52.9 Å². The lowest BCUT2D eigenvalue weighted by Crippen LogP contribution is -2.38. The summed E-state index contributed by atoms with van der Waals surface area (Å²) in [5.74, 6) is -0.226. The maximum atomic E-state index is 13.7. The number of nitrogens with one attached hydrogen (secondary N) is 2. The van der Waals surface area contributed by atoms with E-state index in [1.807, 2.05) is 0 Å². The van der Waals surface area contributed by atoms with Gasteiger partial charge in [0.25, 0.3) is 0 Å². The summed E-state index contributed by atoms with van der Waals surface area (Å²) in [6, 6.07) is 6.24. The fourth-order valence-corrected chi connectivity index (χ4v) is 4.24. The molecule has 1 aromatic carbocycles. The minimum Gasteiger partial charge on any atom is -0.490 e. The van der Waals surface area contributed by atoms with Crippen molar-refractivity contribution in [1.82, 2.24) is 14.3 Å². The summed E-state index contributed by atoms with van der Waals surface area (Å²) in [4.78, 5) is 18.9. The fourth-order valence-electron chi connectivity index (χ4n) is 3.82. The maximum absolute atomic E-state index is 13.7. The number of benzene rings is 1. The van der Waals surface area contributed by atoms with Crippen LogP contribution in [0.1, 0.15) is 25.3 Å². The van der Waals surface area contributed by atoms with Gasteiger partial charge < -0.3 is 20.3 Å². The second kappa shape index (κ2) is 9.60. The van der Waals surface area contributed by atoms with E-state index in [1.165, 1.54) is 12.1 Å². The van der Waals surface area contributed by atoms with Gasteiger partial charge in [0.05, 0.1) is 15.9 Å². The van der Waals surface area contributed by atoms with Gasteiger partial charge in [-0.05, 0) is 65.6 Å². The summed E-state index contributed by atoms with van der Waals surface area (Å²) in [5.41, 5.74) is -0.00884. The first kappa shape index (κ1) is 23.4. The molecule has 7 nitrogen and oxygen atoms in total. The smallest absolute Gasteiger partial charge is 0.420 e. The average Bonchev–Trinajstić information content (AvgIpc) is 3.28. The number of fused-ring (bicyclic) bond motifs is 1. The van der Waals surface area contributed by atoms with Gasteiger partial charge in [-0.1, -0.05) is 6.92 Å². The molecule has 176 valence electrons. The summed E-state index contributed by atoms with van der Waals surface area (Å²) in [5, 5.41) is 5.08. The number of nitrogens with zero attached hydrogens (tertiary/aromatic N) is 3. The first-order valence-corrected chi connectivity index (χ1v) is 11.3. The zero-order valence-electron chi connectivity index (χ0n) is 17.8. The Morgan fingerprint density at radius 3 is 2.67 bits per heavy atom. The van der Waals surface area contributed by atoms with Crippen molar-refractivity contribution in [2.45, 2.75) is 32.0 Å². The molecule has 3 heterocycles. The maximum Gasteiger partial charge on any atom is 0.420 e. The number of piperidine rings is 1. The van der Waals surface area contributed by atoms with Crippen molar-refractivity contribution in [3.8, 4) is 5.75 Å². The lowest BCUT2D eigenvalue weighted by molar-refractivity contribution is -0.139. The summed E-state index contributed by atoms with van der Waals surface area (Å²) in [6.07, 6.45) is -0.273. The molecule has 11 heteroatoms. The van der Waals surface area contributed by atoms with Crippen LogP contribution < -0.4 is 15.4 Å². The van der Waals surface area contributed by atoms with E-state index in [9.17, 15) is 18.0 Å². The Hall–Kier alpha value is -2.79. The van der Waals surface area contributed by atoms with Crippen molar-refractivity contribution >= 4 is 39.0 Å². The number of rotatable bonds is 5. The Labute approximate surface area is 197 Å². The Balaban J connectivity index is 1.48. The lowest BCUT2D eigenvalue weighted by atomic mass is 10.1. The van der Waals surface area contributed by atoms with Crippen molar-refractivity contribution in [3.63, 3.8) is 0 Å². The molecule has 0 radical (unpaired) electrons. The quantitative estimate of drug-likeness (QED) is 0.424. The highest BCUT2D eigenvalue weighted by Gasteiger charge is 2.36. The number of carbonyl (C=O) groups excluding carboxylic acids is 1. The zero-order valence-corrected chi connectivity index (χ0v) is 19.4. The summed E-state index contributed by atoms with van der Waals surface area (Å²) in [7, 11) is 0. The normalized spacial score (nSPS) is 15.5. The van der Waals surface area contributed by atoms with Crippen molar-refractivity contribution in [2.24, 2.45) is 0 Å². The van der Waals surface area contributed by atoms with Crippen LogP contribution in [0.15, 0.2) is 47.3 Å². The number of urea groups is 1. The minimum atomic E-state index is -4.62. The van der Waals surface area contributed by atoms with Gasteiger partial charge >= 0.3 is 12.2 Å². The first-order valence-electron chi connectivity index (χ1n) is 10.5. The molecule has 2 N–H and O–H groups in total. The molecular formula is C22H23BrF3N5O2.